The number of rotatable bonds is 1. The third-order valence-corrected chi connectivity index (χ3v) is 4.17. The summed E-state index contributed by atoms with van der Waals surface area (Å²) in [4.78, 5) is 0. The van der Waals surface area contributed by atoms with Gasteiger partial charge in [0.25, 0.3) is 0 Å². The number of hydrogen-bond acceptors (Lipinski definition) is 1. The Balaban J connectivity index is 2.39. The van der Waals surface area contributed by atoms with E-state index in [1.165, 1.54) is 12.1 Å². The molecular weight excluding hydrogens is 263 g/mol. The highest BCUT2D eigenvalue weighted by Crippen LogP contribution is 2.47. The standard InChI is InChI=1S/C16H22F3N/c1-11-8-14(2,3)10-15(20,9-11)12-5-4-6-13(7-12)16(17,18)19/h4-7,11H,8-10,20H2,1-3H3. The molecule has 2 N–H and O–H groups in total. The van der Waals surface area contributed by atoms with Crippen molar-refractivity contribution in [3.8, 4) is 0 Å². The van der Waals surface area contributed by atoms with E-state index in [1.54, 1.807) is 6.07 Å². The summed E-state index contributed by atoms with van der Waals surface area (Å²) in [6.45, 7) is 6.39. The maximum atomic E-state index is 12.8. The van der Waals surface area contributed by atoms with E-state index in [9.17, 15) is 13.2 Å². The molecule has 0 heterocycles. The summed E-state index contributed by atoms with van der Waals surface area (Å²) in [5, 5.41) is 0. The molecule has 0 spiro atoms. The van der Waals surface area contributed by atoms with Gasteiger partial charge in [-0.15, -0.1) is 0 Å². The van der Waals surface area contributed by atoms with Gasteiger partial charge < -0.3 is 5.73 Å². The lowest BCUT2D eigenvalue weighted by Crippen LogP contribution is -2.46. The van der Waals surface area contributed by atoms with Crippen LogP contribution in [0.4, 0.5) is 13.2 Å². The third-order valence-electron chi connectivity index (χ3n) is 4.17. The van der Waals surface area contributed by atoms with Crippen molar-refractivity contribution in [3.63, 3.8) is 0 Å². The first-order valence-electron chi connectivity index (χ1n) is 6.99. The molecule has 1 aromatic carbocycles. The Morgan fingerprint density at radius 1 is 1.20 bits per heavy atom. The highest BCUT2D eigenvalue weighted by atomic mass is 19.4. The molecule has 1 aromatic rings. The first-order chi connectivity index (χ1) is 9.02. The van der Waals surface area contributed by atoms with Crippen LogP contribution < -0.4 is 5.73 Å². The average Bonchev–Trinajstić information content (AvgIpc) is 2.24. The summed E-state index contributed by atoms with van der Waals surface area (Å²) in [6.07, 6.45) is -1.81. The largest absolute Gasteiger partial charge is 0.416 e. The predicted octanol–water partition coefficient (Wildman–Crippen LogP) is 4.71. The number of alkyl halides is 3. The van der Waals surface area contributed by atoms with Crippen molar-refractivity contribution in [1.29, 1.82) is 0 Å². The zero-order valence-electron chi connectivity index (χ0n) is 12.2. The quantitative estimate of drug-likeness (QED) is 0.794. The second-order valence-corrected chi connectivity index (χ2v) is 7.09. The van der Waals surface area contributed by atoms with Gasteiger partial charge in [0.1, 0.15) is 0 Å². The summed E-state index contributed by atoms with van der Waals surface area (Å²) in [5.74, 6) is 0.415. The highest BCUT2D eigenvalue weighted by molar-refractivity contribution is 5.32. The normalized spacial score (nSPS) is 30.2. The van der Waals surface area contributed by atoms with Crippen LogP contribution in [0.25, 0.3) is 0 Å². The summed E-state index contributed by atoms with van der Waals surface area (Å²) in [7, 11) is 0. The van der Waals surface area contributed by atoms with E-state index in [2.05, 4.69) is 20.8 Å². The molecule has 2 rings (SSSR count). The van der Waals surface area contributed by atoms with E-state index in [-0.39, 0.29) is 5.41 Å². The van der Waals surface area contributed by atoms with Crippen LogP contribution in [0.2, 0.25) is 0 Å². The van der Waals surface area contributed by atoms with Crippen molar-refractivity contribution >= 4 is 0 Å². The van der Waals surface area contributed by atoms with Crippen LogP contribution in [0.5, 0.6) is 0 Å². The van der Waals surface area contributed by atoms with Crippen molar-refractivity contribution in [2.24, 2.45) is 17.1 Å². The molecule has 112 valence electrons. The fourth-order valence-corrected chi connectivity index (χ4v) is 3.86. The molecule has 0 aromatic heterocycles. The Morgan fingerprint density at radius 2 is 1.85 bits per heavy atom. The van der Waals surface area contributed by atoms with Gasteiger partial charge in [-0.25, -0.2) is 0 Å². The van der Waals surface area contributed by atoms with Crippen molar-refractivity contribution in [1.82, 2.24) is 0 Å². The lowest BCUT2D eigenvalue weighted by atomic mass is 9.62. The number of halogens is 3. The smallest absolute Gasteiger partial charge is 0.321 e. The van der Waals surface area contributed by atoms with Crippen molar-refractivity contribution < 1.29 is 13.2 Å². The van der Waals surface area contributed by atoms with Crippen molar-refractivity contribution in [2.75, 3.05) is 0 Å². The van der Waals surface area contributed by atoms with E-state index in [4.69, 9.17) is 5.73 Å². The highest BCUT2D eigenvalue weighted by Gasteiger charge is 2.42. The van der Waals surface area contributed by atoms with Crippen molar-refractivity contribution in [2.45, 2.75) is 51.7 Å². The fourth-order valence-electron chi connectivity index (χ4n) is 3.86. The van der Waals surface area contributed by atoms with Gasteiger partial charge in [-0.05, 0) is 48.3 Å². The SMILES string of the molecule is CC1CC(C)(C)CC(N)(c2cccc(C(F)(F)F)c2)C1. The Hall–Kier alpha value is -1.03. The topological polar surface area (TPSA) is 26.0 Å². The minimum Gasteiger partial charge on any atom is -0.321 e. The second kappa shape index (κ2) is 4.76. The van der Waals surface area contributed by atoms with Gasteiger partial charge >= 0.3 is 6.18 Å². The Morgan fingerprint density at radius 3 is 2.40 bits per heavy atom. The minimum atomic E-state index is -4.32. The second-order valence-electron chi connectivity index (χ2n) is 7.09. The maximum Gasteiger partial charge on any atom is 0.416 e. The molecule has 1 saturated carbocycles. The molecule has 0 amide bonds. The molecule has 2 unspecified atom stereocenters. The van der Waals surface area contributed by atoms with E-state index >= 15 is 0 Å². The zero-order chi connectivity index (χ0) is 15.2. The molecule has 20 heavy (non-hydrogen) atoms. The van der Waals surface area contributed by atoms with E-state index < -0.39 is 17.3 Å². The number of benzene rings is 1. The molecule has 1 nitrogen and oxygen atoms in total. The maximum absolute atomic E-state index is 12.8. The Labute approximate surface area is 118 Å². The first-order valence-corrected chi connectivity index (χ1v) is 6.99. The summed E-state index contributed by atoms with van der Waals surface area (Å²) >= 11 is 0. The molecule has 0 bridgehead atoms. The third kappa shape index (κ3) is 3.17. The van der Waals surface area contributed by atoms with Crippen LogP contribution in [0, 0.1) is 11.3 Å². The van der Waals surface area contributed by atoms with Gasteiger partial charge in [0, 0.05) is 5.54 Å². The molecule has 1 aliphatic rings. The average molecular weight is 285 g/mol. The van der Waals surface area contributed by atoms with Crippen LogP contribution >= 0.6 is 0 Å². The van der Waals surface area contributed by atoms with Gasteiger partial charge in [0.15, 0.2) is 0 Å². The van der Waals surface area contributed by atoms with Gasteiger partial charge in [0.2, 0.25) is 0 Å². The molecular formula is C16H22F3N. The van der Waals surface area contributed by atoms with E-state index in [1.807, 2.05) is 0 Å². The van der Waals surface area contributed by atoms with Gasteiger partial charge in [0.05, 0.1) is 5.56 Å². The predicted molar refractivity (Wildman–Crippen MR) is 74.1 cm³/mol. The molecule has 2 atom stereocenters. The van der Waals surface area contributed by atoms with Crippen LogP contribution in [0.15, 0.2) is 24.3 Å². The van der Waals surface area contributed by atoms with Gasteiger partial charge in [-0.2, -0.15) is 13.2 Å². The summed E-state index contributed by atoms with van der Waals surface area (Å²) < 4.78 is 38.5. The molecule has 0 saturated heterocycles. The zero-order valence-corrected chi connectivity index (χ0v) is 12.2. The summed E-state index contributed by atoms with van der Waals surface area (Å²) in [6, 6.07) is 5.50. The Bertz CT molecular complexity index is 493. The fraction of sp³-hybridized carbons (Fsp3) is 0.625. The van der Waals surface area contributed by atoms with Crippen LogP contribution in [0.1, 0.15) is 51.2 Å². The molecule has 0 aliphatic heterocycles. The summed E-state index contributed by atoms with van der Waals surface area (Å²) in [5.41, 5.74) is 5.87. The van der Waals surface area contributed by atoms with Crippen LogP contribution in [-0.4, -0.2) is 0 Å². The number of hydrogen-bond donors (Lipinski definition) is 1. The van der Waals surface area contributed by atoms with Crippen LogP contribution in [0.3, 0.4) is 0 Å². The van der Waals surface area contributed by atoms with Crippen molar-refractivity contribution in [3.05, 3.63) is 35.4 Å². The molecule has 1 aliphatic carbocycles. The molecule has 1 fully saturated rings. The molecule has 0 radical (unpaired) electrons. The lowest BCUT2D eigenvalue weighted by molar-refractivity contribution is -0.137. The minimum absolute atomic E-state index is 0.0562. The van der Waals surface area contributed by atoms with Crippen LogP contribution in [-0.2, 0) is 11.7 Å². The Kier molecular flexibility index (Phi) is 3.66. The van der Waals surface area contributed by atoms with Gasteiger partial charge in [-0.1, -0.05) is 32.9 Å². The van der Waals surface area contributed by atoms with Gasteiger partial charge in [-0.3, -0.25) is 0 Å². The van der Waals surface area contributed by atoms with E-state index in [0.717, 1.165) is 18.9 Å². The number of nitrogens with two attached hydrogens (primary N) is 1. The molecule has 4 heteroatoms. The van der Waals surface area contributed by atoms with E-state index in [0.29, 0.717) is 17.9 Å². The lowest BCUT2D eigenvalue weighted by Gasteiger charge is -2.46. The first kappa shape index (κ1) is 15.4. The monoisotopic (exact) mass is 285 g/mol.